The van der Waals surface area contributed by atoms with Crippen molar-refractivity contribution in [1.29, 1.82) is 0 Å². The van der Waals surface area contributed by atoms with Crippen LogP contribution < -0.4 is 5.32 Å². The number of allylic oxidation sites excluding steroid dienone is 6. The van der Waals surface area contributed by atoms with E-state index in [-0.39, 0.29) is 18.5 Å². The lowest BCUT2D eigenvalue weighted by atomic mass is 10.0. The van der Waals surface area contributed by atoms with E-state index < -0.39 is 12.1 Å². The molecule has 0 saturated heterocycles. The van der Waals surface area contributed by atoms with Crippen molar-refractivity contribution in [1.82, 2.24) is 5.32 Å². The van der Waals surface area contributed by atoms with Crippen LogP contribution in [0.15, 0.2) is 36.5 Å². The second-order valence-electron chi connectivity index (χ2n) is 27.0. The molecule has 86 heavy (non-hydrogen) atoms. The topological polar surface area (TPSA) is 95.9 Å². The molecule has 0 aliphatic carbocycles. The van der Waals surface area contributed by atoms with Gasteiger partial charge in [-0.2, -0.15) is 0 Å². The van der Waals surface area contributed by atoms with Crippen molar-refractivity contribution in [3.05, 3.63) is 36.5 Å². The maximum absolute atomic E-state index is 12.5. The van der Waals surface area contributed by atoms with Crippen LogP contribution in [0.5, 0.6) is 0 Å². The van der Waals surface area contributed by atoms with Crippen LogP contribution in [0.3, 0.4) is 0 Å². The van der Waals surface area contributed by atoms with Crippen LogP contribution in [-0.2, 0) is 14.3 Å². The molecule has 6 nitrogen and oxygen atoms in total. The van der Waals surface area contributed by atoms with Gasteiger partial charge < -0.3 is 20.3 Å². The lowest BCUT2D eigenvalue weighted by Crippen LogP contribution is -2.45. The molecule has 508 valence electrons. The largest absolute Gasteiger partial charge is 0.466 e. The van der Waals surface area contributed by atoms with Crippen molar-refractivity contribution < 1.29 is 24.5 Å². The van der Waals surface area contributed by atoms with Gasteiger partial charge in [-0.05, 0) is 83.5 Å². The number of rotatable bonds is 74. The first-order valence-electron chi connectivity index (χ1n) is 39.2. The van der Waals surface area contributed by atoms with Crippen molar-refractivity contribution in [2.45, 2.75) is 450 Å². The summed E-state index contributed by atoms with van der Waals surface area (Å²) in [6.45, 7) is 4.96. The monoisotopic (exact) mass is 1210 g/mol. The summed E-state index contributed by atoms with van der Waals surface area (Å²) in [6.07, 6.45) is 98.2. The SMILES string of the molecule is CCCCC/C=C\C/C=C\CCCCCCCCCC(=O)OCCCCCCCCCCCCCCCCCCCC/C=C\CCCCCCCCCCCCCCCCCCCC(=O)NC(CO)C(O)CCCCCCCCCCCCCCC. The molecule has 6 heteroatoms. The summed E-state index contributed by atoms with van der Waals surface area (Å²) in [5.74, 6) is -0.0131. The standard InChI is InChI=1S/C80H153NO5/c1-3-5-7-9-11-13-15-17-18-42-46-50-54-58-62-66-70-74-80(85)86-75-71-67-63-59-55-51-47-44-41-39-37-35-33-31-29-27-25-23-21-19-20-22-24-26-28-30-32-34-36-38-40-43-45-49-53-57-61-65-69-73-79(84)81-77(76-82)78(83)72-68-64-60-56-52-48-16-14-12-10-8-6-4-2/h11,13,17-20,77-78,82-83H,3-10,12,14-16,21-76H2,1-2H3,(H,81,84)/b13-11-,18-17-,20-19-. The molecule has 0 aliphatic rings. The molecular weight excluding hydrogens is 1050 g/mol. The summed E-state index contributed by atoms with van der Waals surface area (Å²) in [7, 11) is 0. The Hall–Kier alpha value is -1.92. The van der Waals surface area contributed by atoms with Crippen LogP contribution >= 0.6 is 0 Å². The van der Waals surface area contributed by atoms with Crippen molar-refractivity contribution >= 4 is 11.9 Å². The van der Waals surface area contributed by atoms with Gasteiger partial charge in [-0.25, -0.2) is 0 Å². The predicted octanol–water partition coefficient (Wildman–Crippen LogP) is 25.8. The third kappa shape index (κ3) is 71.2. The number of hydrogen-bond acceptors (Lipinski definition) is 5. The van der Waals surface area contributed by atoms with E-state index in [1.807, 2.05) is 0 Å². The Bertz CT molecular complexity index is 1390. The molecule has 2 atom stereocenters. The van der Waals surface area contributed by atoms with Crippen molar-refractivity contribution in [2.24, 2.45) is 0 Å². The molecule has 0 saturated carbocycles. The molecule has 0 heterocycles. The maximum Gasteiger partial charge on any atom is 0.305 e. The van der Waals surface area contributed by atoms with E-state index >= 15 is 0 Å². The smallest absolute Gasteiger partial charge is 0.305 e. The van der Waals surface area contributed by atoms with E-state index in [1.165, 1.54) is 353 Å². The van der Waals surface area contributed by atoms with Gasteiger partial charge in [0.25, 0.3) is 0 Å². The molecule has 0 bridgehead atoms. The minimum Gasteiger partial charge on any atom is -0.466 e. The summed E-state index contributed by atoms with van der Waals surface area (Å²) in [6, 6.07) is -0.537. The second kappa shape index (κ2) is 75.5. The van der Waals surface area contributed by atoms with Gasteiger partial charge >= 0.3 is 5.97 Å². The van der Waals surface area contributed by atoms with Gasteiger partial charge in [-0.1, -0.05) is 378 Å². The fraction of sp³-hybridized carbons (Fsp3) is 0.900. The molecule has 2 unspecified atom stereocenters. The molecular formula is C80H153NO5. The lowest BCUT2D eigenvalue weighted by Gasteiger charge is -2.22. The average Bonchev–Trinajstić information content (AvgIpc) is 3.54. The Kier molecular flexibility index (Phi) is 73.9. The van der Waals surface area contributed by atoms with Gasteiger partial charge in [0.15, 0.2) is 0 Å². The first kappa shape index (κ1) is 84.1. The second-order valence-corrected chi connectivity index (χ2v) is 27.0. The molecule has 1 amide bonds. The zero-order valence-corrected chi connectivity index (χ0v) is 58.3. The Morgan fingerprint density at radius 1 is 0.326 bits per heavy atom. The van der Waals surface area contributed by atoms with Gasteiger partial charge in [0.05, 0.1) is 25.4 Å². The van der Waals surface area contributed by atoms with Crippen LogP contribution in [0.1, 0.15) is 438 Å². The highest BCUT2D eigenvalue weighted by Crippen LogP contribution is 2.20. The molecule has 0 aromatic rings. The van der Waals surface area contributed by atoms with E-state index in [0.29, 0.717) is 25.9 Å². The van der Waals surface area contributed by atoms with Gasteiger partial charge in [-0.15, -0.1) is 0 Å². The van der Waals surface area contributed by atoms with E-state index in [2.05, 4.69) is 55.6 Å². The lowest BCUT2D eigenvalue weighted by molar-refractivity contribution is -0.143. The quantitative estimate of drug-likeness (QED) is 0.0320. The number of amides is 1. The van der Waals surface area contributed by atoms with Crippen LogP contribution in [0, 0.1) is 0 Å². The molecule has 0 rings (SSSR count). The van der Waals surface area contributed by atoms with Crippen molar-refractivity contribution in [3.8, 4) is 0 Å². The number of ether oxygens (including phenoxy) is 1. The fourth-order valence-electron chi connectivity index (χ4n) is 12.4. The number of aliphatic hydroxyl groups is 2. The Morgan fingerprint density at radius 3 is 0.919 bits per heavy atom. The fourth-order valence-corrected chi connectivity index (χ4v) is 12.4. The van der Waals surface area contributed by atoms with Gasteiger partial charge in [0, 0.05) is 12.8 Å². The molecule has 0 fully saturated rings. The molecule has 0 aromatic heterocycles. The van der Waals surface area contributed by atoms with E-state index in [4.69, 9.17) is 4.74 Å². The van der Waals surface area contributed by atoms with Crippen molar-refractivity contribution in [3.63, 3.8) is 0 Å². The molecule has 0 aromatic carbocycles. The highest BCUT2D eigenvalue weighted by Gasteiger charge is 2.20. The minimum atomic E-state index is -0.660. The number of nitrogens with one attached hydrogen (secondary N) is 1. The number of hydrogen-bond donors (Lipinski definition) is 3. The number of aliphatic hydroxyl groups excluding tert-OH is 2. The number of unbranched alkanes of at least 4 members (excludes halogenated alkanes) is 57. The summed E-state index contributed by atoms with van der Waals surface area (Å²) in [5.41, 5.74) is 0. The molecule has 0 spiro atoms. The summed E-state index contributed by atoms with van der Waals surface area (Å²) < 4.78 is 5.51. The Balaban J connectivity index is 3.31. The van der Waals surface area contributed by atoms with E-state index in [0.717, 1.165) is 51.4 Å². The number of carbonyl (C=O) groups is 2. The number of esters is 1. The highest BCUT2D eigenvalue weighted by atomic mass is 16.5. The summed E-state index contributed by atoms with van der Waals surface area (Å²) in [5, 5.41) is 23.3. The minimum absolute atomic E-state index is 0.0152. The maximum atomic E-state index is 12.5. The summed E-state index contributed by atoms with van der Waals surface area (Å²) >= 11 is 0. The molecule has 3 N–H and O–H groups in total. The normalized spacial score (nSPS) is 12.7. The van der Waals surface area contributed by atoms with Gasteiger partial charge in [-0.3, -0.25) is 9.59 Å². The van der Waals surface area contributed by atoms with Crippen LogP contribution in [0.25, 0.3) is 0 Å². The third-order valence-electron chi connectivity index (χ3n) is 18.4. The first-order chi connectivity index (χ1) is 42.5. The predicted molar refractivity (Wildman–Crippen MR) is 379 cm³/mol. The average molecular weight is 1210 g/mol. The van der Waals surface area contributed by atoms with E-state index in [9.17, 15) is 19.8 Å². The van der Waals surface area contributed by atoms with Crippen LogP contribution in [0.4, 0.5) is 0 Å². The van der Waals surface area contributed by atoms with Gasteiger partial charge in [0.2, 0.25) is 5.91 Å². The zero-order chi connectivity index (χ0) is 62.0. The first-order valence-corrected chi connectivity index (χ1v) is 39.2. The van der Waals surface area contributed by atoms with Crippen molar-refractivity contribution in [2.75, 3.05) is 13.2 Å². The highest BCUT2D eigenvalue weighted by molar-refractivity contribution is 5.76. The molecule has 0 aliphatic heterocycles. The zero-order valence-electron chi connectivity index (χ0n) is 58.3. The van der Waals surface area contributed by atoms with Crippen LogP contribution in [-0.4, -0.2) is 47.4 Å². The summed E-state index contributed by atoms with van der Waals surface area (Å²) in [4.78, 5) is 24.6. The Labute approximate surface area is 538 Å². The van der Waals surface area contributed by atoms with Gasteiger partial charge in [0.1, 0.15) is 0 Å². The third-order valence-corrected chi connectivity index (χ3v) is 18.4. The van der Waals surface area contributed by atoms with Crippen LogP contribution in [0.2, 0.25) is 0 Å². The molecule has 0 radical (unpaired) electrons. The number of carbonyl (C=O) groups excluding carboxylic acids is 2. The Morgan fingerprint density at radius 2 is 0.581 bits per heavy atom. The van der Waals surface area contributed by atoms with E-state index in [1.54, 1.807) is 0 Å².